The van der Waals surface area contributed by atoms with Gasteiger partial charge in [-0.05, 0) is 43.7 Å². The summed E-state index contributed by atoms with van der Waals surface area (Å²) < 4.78 is 1.74. The number of aryl methyl sites for hydroxylation is 3. The number of nitrogens with one attached hydrogen (secondary N) is 1. The van der Waals surface area contributed by atoms with E-state index in [0.29, 0.717) is 12.8 Å². The predicted octanol–water partition coefficient (Wildman–Crippen LogP) is 2.28. The lowest BCUT2D eigenvalue weighted by atomic mass is 9.75. The maximum atomic E-state index is 12.8. The van der Waals surface area contributed by atoms with Crippen molar-refractivity contribution in [3.05, 3.63) is 52.8 Å². The third kappa shape index (κ3) is 3.15. The van der Waals surface area contributed by atoms with Gasteiger partial charge < -0.3 is 10.4 Å². The summed E-state index contributed by atoms with van der Waals surface area (Å²) in [6.07, 6.45) is 4.90. The molecule has 3 rings (SSSR count). The highest BCUT2D eigenvalue weighted by Gasteiger charge is 2.36. The minimum Gasteiger partial charge on any atom is -0.393 e. The normalized spacial score (nSPS) is 21.6. The second-order valence-electron chi connectivity index (χ2n) is 6.55. The molecule has 1 unspecified atom stereocenters. The van der Waals surface area contributed by atoms with Crippen LogP contribution in [0.3, 0.4) is 0 Å². The van der Waals surface area contributed by atoms with Crippen molar-refractivity contribution in [2.24, 2.45) is 13.0 Å². The molecule has 2 N–H and O–H groups in total. The summed E-state index contributed by atoms with van der Waals surface area (Å²) in [6.45, 7) is 3.90. The molecule has 5 nitrogen and oxygen atoms in total. The molecule has 0 saturated heterocycles. The van der Waals surface area contributed by atoms with Gasteiger partial charge in [0.2, 0.25) is 0 Å². The Labute approximate surface area is 136 Å². The molecular weight excluding hydrogens is 290 g/mol. The van der Waals surface area contributed by atoms with Crippen LogP contribution in [0.4, 0.5) is 0 Å². The molecular formula is C18H23N3O2. The Hall–Kier alpha value is -2.14. The fourth-order valence-electron chi connectivity index (χ4n) is 3.36. The first-order valence-electron chi connectivity index (χ1n) is 7.99. The lowest BCUT2D eigenvalue weighted by molar-refractivity contribution is 0.0235. The maximum absolute atomic E-state index is 12.8. The lowest BCUT2D eigenvalue weighted by Gasteiger charge is -2.37. The highest BCUT2D eigenvalue weighted by molar-refractivity contribution is 5.97. The molecule has 1 aromatic heterocycles. The van der Waals surface area contributed by atoms with E-state index in [1.807, 2.05) is 45.3 Å². The smallest absolute Gasteiger partial charge is 0.252 e. The van der Waals surface area contributed by atoms with Gasteiger partial charge in [-0.3, -0.25) is 9.48 Å². The van der Waals surface area contributed by atoms with E-state index in [4.69, 9.17) is 0 Å². The predicted molar refractivity (Wildman–Crippen MR) is 88.1 cm³/mol. The van der Waals surface area contributed by atoms with Crippen LogP contribution in [0.25, 0.3) is 0 Å². The van der Waals surface area contributed by atoms with Crippen molar-refractivity contribution >= 4 is 5.91 Å². The summed E-state index contributed by atoms with van der Waals surface area (Å²) in [5.41, 5.74) is 3.67. The Balaban J connectivity index is 1.85. The Morgan fingerprint density at radius 2 is 2.00 bits per heavy atom. The van der Waals surface area contributed by atoms with Crippen molar-refractivity contribution < 1.29 is 9.90 Å². The largest absolute Gasteiger partial charge is 0.393 e. The summed E-state index contributed by atoms with van der Waals surface area (Å²) in [7, 11) is 1.86. The Morgan fingerprint density at radius 3 is 2.52 bits per heavy atom. The van der Waals surface area contributed by atoms with Crippen LogP contribution >= 0.6 is 0 Å². The molecule has 1 amide bonds. The minimum atomic E-state index is -0.253. The maximum Gasteiger partial charge on any atom is 0.252 e. The van der Waals surface area contributed by atoms with Crippen LogP contribution in [-0.4, -0.2) is 26.9 Å². The van der Waals surface area contributed by atoms with Gasteiger partial charge in [-0.25, -0.2) is 0 Å². The number of rotatable bonds is 4. The van der Waals surface area contributed by atoms with Crippen LogP contribution in [0.1, 0.15) is 45.9 Å². The Morgan fingerprint density at radius 1 is 1.35 bits per heavy atom. The summed E-state index contributed by atoms with van der Waals surface area (Å²) in [5, 5.41) is 17.0. The lowest BCUT2D eigenvalue weighted by Crippen LogP contribution is -2.41. The zero-order valence-corrected chi connectivity index (χ0v) is 13.8. The van der Waals surface area contributed by atoms with Gasteiger partial charge in [-0.2, -0.15) is 5.10 Å². The van der Waals surface area contributed by atoms with E-state index in [0.717, 1.165) is 22.3 Å². The van der Waals surface area contributed by atoms with Crippen LogP contribution in [0.15, 0.2) is 30.6 Å². The van der Waals surface area contributed by atoms with Gasteiger partial charge in [-0.15, -0.1) is 0 Å². The number of aliphatic hydroxyl groups is 1. The van der Waals surface area contributed by atoms with Crippen LogP contribution in [0.2, 0.25) is 0 Å². The average molecular weight is 313 g/mol. The van der Waals surface area contributed by atoms with Crippen molar-refractivity contribution in [2.75, 3.05) is 0 Å². The number of hydrogen-bond acceptors (Lipinski definition) is 3. The van der Waals surface area contributed by atoms with Crippen molar-refractivity contribution in [1.29, 1.82) is 0 Å². The first kappa shape index (κ1) is 15.7. The summed E-state index contributed by atoms with van der Waals surface area (Å²) in [6, 6.07) is 5.75. The van der Waals surface area contributed by atoms with E-state index in [9.17, 15) is 9.90 Å². The number of carbonyl (C=O) groups excluding carboxylic acids is 1. The van der Waals surface area contributed by atoms with Crippen LogP contribution in [-0.2, 0) is 7.05 Å². The fraction of sp³-hybridized carbons (Fsp3) is 0.444. The van der Waals surface area contributed by atoms with Crippen LogP contribution in [0.5, 0.6) is 0 Å². The quantitative estimate of drug-likeness (QED) is 0.910. The second-order valence-corrected chi connectivity index (χ2v) is 6.55. The average Bonchev–Trinajstić information content (AvgIpc) is 2.88. The molecule has 0 radical (unpaired) electrons. The first-order chi connectivity index (χ1) is 11.0. The molecule has 23 heavy (non-hydrogen) atoms. The van der Waals surface area contributed by atoms with Crippen molar-refractivity contribution in [3.63, 3.8) is 0 Å². The zero-order valence-electron chi connectivity index (χ0n) is 13.8. The number of hydrogen-bond donors (Lipinski definition) is 2. The van der Waals surface area contributed by atoms with Gasteiger partial charge in [0, 0.05) is 24.4 Å². The molecule has 122 valence electrons. The Kier molecular flexibility index (Phi) is 4.22. The molecule has 1 saturated carbocycles. The van der Waals surface area contributed by atoms with Gasteiger partial charge >= 0.3 is 0 Å². The van der Waals surface area contributed by atoms with E-state index in [1.54, 1.807) is 10.9 Å². The third-order valence-corrected chi connectivity index (χ3v) is 4.70. The number of carbonyl (C=O) groups is 1. The molecule has 1 atom stereocenters. The highest BCUT2D eigenvalue weighted by Crippen LogP contribution is 2.38. The standard InChI is InChI=1S/C18H23N3O2/c1-11-5-4-6-12(2)16(11)18(23)20-17(13-7-15(22)8-13)14-9-19-21(3)10-14/h4-6,9-10,13,15,17,22H,7-8H2,1-3H3,(H,20,23). The molecule has 1 heterocycles. The molecule has 1 aromatic carbocycles. The SMILES string of the molecule is Cc1cccc(C)c1C(=O)NC(c1cnn(C)c1)C1CC(O)C1. The fourth-order valence-corrected chi connectivity index (χ4v) is 3.36. The van der Waals surface area contributed by atoms with Gasteiger partial charge in [0.1, 0.15) is 0 Å². The van der Waals surface area contributed by atoms with Gasteiger partial charge in [0.05, 0.1) is 18.3 Å². The van der Waals surface area contributed by atoms with Gasteiger partial charge in [0.15, 0.2) is 0 Å². The topological polar surface area (TPSA) is 67.2 Å². The van der Waals surface area contributed by atoms with Crippen molar-refractivity contribution in [1.82, 2.24) is 15.1 Å². The number of benzene rings is 1. The van der Waals surface area contributed by atoms with Crippen molar-refractivity contribution in [3.8, 4) is 0 Å². The van der Waals surface area contributed by atoms with Crippen LogP contribution < -0.4 is 5.32 Å². The molecule has 1 aliphatic rings. The van der Waals surface area contributed by atoms with Crippen LogP contribution in [0, 0.1) is 19.8 Å². The highest BCUT2D eigenvalue weighted by atomic mass is 16.3. The third-order valence-electron chi connectivity index (χ3n) is 4.70. The molecule has 2 aromatic rings. The number of amides is 1. The summed E-state index contributed by atoms with van der Waals surface area (Å²) >= 11 is 0. The number of nitrogens with zero attached hydrogens (tertiary/aromatic N) is 2. The van der Waals surface area contributed by atoms with Gasteiger partial charge in [0.25, 0.3) is 5.91 Å². The molecule has 0 spiro atoms. The summed E-state index contributed by atoms with van der Waals surface area (Å²) in [4.78, 5) is 12.8. The van der Waals surface area contributed by atoms with Gasteiger partial charge in [-0.1, -0.05) is 18.2 Å². The van der Waals surface area contributed by atoms with Crippen molar-refractivity contribution in [2.45, 2.75) is 38.8 Å². The van der Waals surface area contributed by atoms with E-state index in [1.165, 1.54) is 0 Å². The number of aliphatic hydroxyl groups excluding tert-OH is 1. The first-order valence-corrected chi connectivity index (χ1v) is 7.99. The number of aromatic nitrogens is 2. The minimum absolute atomic E-state index is 0.0594. The monoisotopic (exact) mass is 313 g/mol. The molecule has 0 aliphatic heterocycles. The summed E-state index contributed by atoms with van der Waals surface area (Å²) in [5.74, 6) is 0.193. The van der Waals surface area contributed by atoms with E-state index in [2.05, 4.69) is 10.4 Å². The zero-order chi connectivity index (χ0) is 16.6. The van der Waals surface area contributed by atoms with E-state index < -0.39 is 0 Å². The van der Waals surface area contributed by atoms with E-state index in [-0.39, 0.29) is 24.0 Å². The molecule has 5 heteroatoms. The van der Waals surface area contributed by atoms with E-state index >= 15 is 0 Å². The second kappa shape index (κ2) is 6.16. The molecule has 1 aliphatic carbocycles. The molecule has 1 fully saturated rings. The molecule has 0 bridgehead atoms. The Bertz CT molecular complexity index is 697.